The minimum atomic E-state index is -4.99. The first-order valence-electron chi connectivity index (χ1n) is 6.91. The molecule has 0 amide bonds. The molecule has 0 heterocycles. The smallest absolute Gasteiger partial charge is 0.294 e. The summed E-state index contributed by atoms with van der Waals surface area (Å²) in [6.45, 7) is 0. The van der Waals surface area contributed by atoms with Gasteiger partial charge in [0.25, 0.3) is 0 Å². The lowest BCUT2D eigenvalue weighted by molar-refractivity contribution is -0.170. The van der Waals surface area contributed by atoms with Crippen LogP contribution >= 0.6 is 0 Å². The summed E-state index contributed by atoms with van der Waals surface area (Å²) in [7, 11) is 0. The van der Waals surface area contributed by atoms with Gasteiger partial charge in [-0.25, -0.2) is 0 Å². The number of rotatable bonds is 3. The molecule has 0 N–H and O–H groups in total. The molecule has 0 unspecified atom stereocenters. The van der Waals surface area contributed by atoms with Crippen LogP contribution in [0.4, 0.5) is 13.2 Å². The van der Waals surface area contributed by atoms with Gasteiger partial charge in [0.1, 0.15) is 0 Å². The number of hydrogen-bond donors (Lipinski definition) is 0. The van der Waals surface area contributed by atoms with Crippen LogP contribution in [0.2, 0.25) is 0 Å². The Hall–Kier alpha value is -2.69. The van der Waals surface area contributed by atoms with E-state index in [9.17, 15) is 22.8 Å². The number of fused-ring (bicyclic) bond motifs is 2. The Morgan fingerprint density at radius 2 is 1.43 bits per heavy atom. The molecule has 0 saturated heterocycles. The number of halogens is 3. The predicted octanol–water partition coefficient (Wildman–Crippen LogP) is 4.70. The Balaban J connectivity index is 2.08. The van der Waals surface area contributed by atoms with Crippen LogP contribution in [0, 0.1) is 0 Å². The number of hydrogen-bond acceptors (Lipinski definition) is 2. The fourth-order valence-corrected chi connectivity index (χ4v) is 2.55. The maximum atomic E-state index is 12.3. The minimum Gasteiger partial charge on any atom is -0.294 e. The maximum absolute atomic E-state index is 12.3. The highest BCUT2D eigenvalue weighted by Crippen LogP contribution is 2.27. The predicted molar refractivity (Wildman–Crippen MR) is 81.5 cm³/mol. The van der Waals surface area contributed by atoms with Crippen molar-refractivity contribution in [2.24, 2.45) is 0 Å². The molecule has 2 nitrogen and oxygen atoms in total. The van der Waals surface area contributed by atoms with E-state index in [2.05, 4.69) is 0 Å². The molecule has 0 aliphatic carbocycles. The fraction of sp³-hybridized carbons (Fsp3) is 0.111. The molecule has 0 atom stereocenters. The summed E-state index contributed by atoms with van der Waals surface area (Å²) in [5, 5.41) is 3.14. The van der Waals surface area contributed by atoms with Crippen LogP contribution < -0.4 is 0 Å². The maximum Gasteiger partial charge on any atom is 0.450 e. The van der Waals surface area contributed by atoms with Gasteiger partial charge >= 0.3 is 6.18 Å². The molecule has 0 saturated carbocycles. The number of benzene rings is 3. The summed E-state index contributed by atoms with van der Waals surface area (Å²) in [4.78, 5) is 23.2. The van der Waals surface area contributed by atoms with Crippen molar-refractivity contribution in [1.82, 2.24) is 0 Å². The summed E-state index contributed by atoms with van der Waals surface area (Å²) >= 11 is 0. The van der Waals surface area contributed by atoms with E-state index in [1.165, 1.54) is 6.07 Å². The van der Waals surface area contributed by atoms with Crippen LogP contribution in [-0.2, 0) is 4.79 Å². The van der Waals surface area contributed by atoms with Crippen LogP contribution in [0.3, 0.4) is 0 Å². The van der Waals surface area contributed by atoms with Crippen molar-refractivity contribution in [2.45, 2.75) is 12.6 Å². The second-order valence-corrected chi connectivity index (χ2v) is 5.25. The van der Waals surface area contributed by atoms with E-state index in [1.54, 1.807) is 18.2 Å². The molecule has 0 spiro atoms. The zero-order valence-corrected chi connectivity index (χ0v) is 11.9. The van der Waals surface area contributed by atoms with Crippen molar-refractivity contribution in [1.29, 1.82) is 0 Å². The molecule has 0 radical (unpaired) electrons. The molecule has 0 aliphatic heterocycles. The second-order valence-electron chi connectivity index (χ2n) is 5.25. The Morgan fingerprint density at radius 3 is 2.09 bits per heavy atom. The van der Waals surface area contributed by atoms with Gasteiger partial charge in [0.2, 0.25) is 5.78 Å². The highest BCUT2D eigenvalue weighted by atomic mass is 19.4. The first-order chi connectivity index (χ1) is 10.9. The molecule has 3 aromatic carbocycles. The van der Waals surface area contributed by atoms with Gasteiger partial charge in [-0.3, -0.25) is 9.59 Å². The molecule has 3 rings (SSSR count). The van der Waals surface area contributed by atoms with E-state index in [0.717, 1.165) is 16.2 Å². The summed E-state index contributed by atoms with van der Waals surface area (Å²) in [5.41, 5.74) is 0.130. The molecule has 116 valence electrons. The van der Waals surface area contributed by atoms with Crippen LogP contribution in [0.25, 0.3) is 21.5 Å². The molecule has 0 bridgehead atoms. The molecule has 0 aliphatic rings. The van der Waals surface area contributed by atoms with Gasteiger partial charge in [-0.15, -0.1) is 0 Å². The zero-order chi connectivity index (χ0) is 16.6. The first kappa shape index (κ1) is 15.2. The molecule has 0 aromatic heterocycles. The molecule has 0 fully saturated rings. The lowest BCUT2D eigenvalue weighted by Gasteiger charge is -2.08. The largest absolute Gasteiger partial charge is 0.450 e. The summed E-state index contributed by atoms with van der Waals surface area (Å²) < 4.78 is 37.0. The van der Waals surface area contributed by atoms with Crippen molar-refractivity contribution < 1.29 is 22.8 Å². The normalized spacial score (nSPS) is 11.8. The number of carbonyl (C=O) groups excluding carboxylic acids is 2. The highest BCUT2D eigenvalue weighted by Gasteiger charge is 2.39. The van der Waals surface area contributed by atoms with Crippen molar-refractivity contribution >= 4 is 33.1 Å². The van der Waals surface area contributed by atoms with E-state index in [0.29, 0.717) is 5.39 Å². The van der Waals surface area contributed by atoms with E-state index in [1.807, 2.05) is 30.3 Å². The topological polar surface area (TPSA) is 34.1 Å². The van der Waals surface area contributed by atoms with E-state index < -0.39 is 24.2 Å². The number of ketones is 2. The monoisotopic (exact) mass is 316 g/mol. The van der Waals surface area contributed by atoms with Crippen LogP contribution in [0.5, 0.6) is 0 Å². The van der Waals surface area contributed by atoms with Gasteiger partial charge in [0, 0.05) is 5.56 Å². The molecular formula is C18H11F3O2. The third-order valence-electron chi connectivity index (χ3n) is 3.68. The van der Waals surface area contributed by atoms with Gasteiger partial charge in [-0.2, -0.15) is 13.2 Å². The van der Waals surface area contributed by atoms with Gasteiger partial charge < -0.3 is 0 Å². The Morgan fingerprint density at radius 1 is 0.826 bits per heavy atom. The number of alkyl halides is 3. The third-order valence-corrected chi connectivity index (χ3v) is 3.68. The second kappa shape index (κ2) is 5.50. The van der Waals surface area contributed by atoms with Gasteiger partial charge in [-0.1, -0.05) is 42.5 Å². The van der Waals surface area contributed by atoms with Crippen molar-refractivity contribution in [3.63, 3.8) is 0 Å². The standard InChI is InChI=1S/C18H11F3O2/c19-18(20,21)17(23)10-16(22)14-7-3-6-13-8-11-4-1-2-5-12(11)9-15(13)14/h1-9H,10H2. The quantitative estimate of drug-likeness (QED) is 0.399. The number of carbonyl (C=O) groups is 2. The summed E-state index contributed by atoms with van der Waals surface area (Å²) in [6.07, 6.45) is -6.16. The summed E-state index contributed by atoms with van der Waals surface area (Å²) in [5.74, 6) is -2.85. The fourth-order valence-electron chi connectivity index (χ4n) is 2.55. The molecule has 5 heteroatoms. The average Bonchev–Trinajstić information content (AvgIpc) is 2.51. The minimum absolute atomic E-state index is 0.130. The lowest BCUT2D eigenvalue weighted by atomic mass is 9.96. The lowest BCUT2D eigenvalue weighted by Crippen LogP contribution is -2.25. The third kappa shape index (κ3) is 2.95. The van der Waals surface area contributed by atoms with E-state index in [4.69, 9.17) is 0 Å². The van der Waals surface area contributed by atoms with Crippen molar-refractivity contribution in [3.8, 4) is 0 Å². The molecule has 3 aromatic rings. The Bertz CT molecular complexity index is 926. The van der Waals surface area contributed by atoms with Gasteiger partial charge in [-0.05, 0) is 33.7 Å². The molecule has 23 heavy (non-hydrogen) atoms. The van der Waals surface area contributed by atoms with Crippen molar-refractivity contribution in [2.75, 3.05) is 0 Å². The Labute approximate surface area is 129 Å². The van der Waals surface area contributed by atoms with Crippen LogP contribution in [-0.4, -0.2) is 17.7 Å². The molecular weight excluding hydrogens is 305 g/mol. The first-order valence-corrected chi connectivity index (χ1v) is 6.91. The van der Waals surface area contributed by atoms with Crippen LogP contribution in [0.1, 0.15) is 16.8 Å². The summed E-state index contributed by atoms with van der Waals surface area (Å²) in [6, 6.07) is 15.9. The number of Topliss-reactive ketones (excluding diaryl/α,β-unsaturated/α-hetero) is 2. The zero-order valence-electron chi connectivity index (χ0n) is 11.9. The van der Waals surface area contributed by atoms with Gasteiger partial charge in [0.15, 0.2) is 5.78 Å². The van der Waals surface area contributed by atoms with E-state index in [-0.39, 0.29) is 5.56 Å². The van der Waals surface area contributed by atoms with Crippen molar-refractivity contribution in [3.05, 3.63) is 60.2 Å². The van der Waals surface area contributed by atoms with Crippen LogP contribution in [0.15, 0.2) is 54.6 Å². The average molecular weight is 316 g/mol. The Kier molecular flexibility index (Phi) is 3.64. The van der Waals surface area contributed by atoms with E-state index >= 15 is 0 Å². The highest BCUT2D eigenvalue weighted by molar-refractivity contribution is 6.16. The van der Waals surface area contributed by atoms with Gasteiger partial charge in [0.05, 0.1) is 6.42 Å². The SMILES string of the molecule is O=C(CC(=O)C(F)(F)F)c1cccc2cc3ccccc3cc12.